The van der Waals surface area contributed by atoms with Crippen LogP contribution in [0.15, 0.2) is 6.20 Å². The van der Waals surface area contributed by atoms with Crippen molar-refractivity contribution >= 4 is 11.5 Å². The minimum Gasteiger partial charge on any atom is -0.394 e. The number of rotatable bonds is 2. The van der Waals surface area contributed by atoms with E-state index in [-0.39, 0.29) is 12.6 Å². The highest BCUT2D eigenvalue weighted by Gasteiger charge is 2.25. The molecular weight excluding hydrogens is 192 g/mol. The van der Waals surface area contributed by atoms with Gasteiger partial charge in [-0.2, -0.15) is 5.10 Å². The van der Waals surface area contributed by atoms with Crippen molar-refractivity contribution in [1.29, 1.82) is 0 Å². The molecule has 1 saturated heterocycles. The number of aryl methyl sites for hydroxylation is 1. The minimum absolute atomic E-state index is 0.177. The van der Waals surface area contributed by atoms with Crippen LogP contribution in [0.2, 0.25) is 0 Å². The van der Waals surface area contributed by atoms with Crippen LogP contribution in [0.4, 0.5) is 11.5 Å². The van der Waals surface area contributed by atoms with E-state index < -0.39 is 0 Å². The van der Waals surface area contributed by atoms with Gasteiger partial charge in [0.05, 0.1) is 18.3 Å². The standard InChI is InChI=1S/C10H18N4O/c1-13-6-9(11)10(12-13)14-5-3-2-4-8(14)7-15/h6,8,15H,2-5,7,11H2,1H3. The molecule has 0 spiro atoms. The Labute approximate surface area is 89.5 Å². The average Bonchev–Trinajstić information content (AvgIpc) is 2.57. The molecule has 3 N–H and O–H groups in total. The third-order valence-electron chi connectivity index (χ3n) is 2.95. The van der Waals surface area contributed by atoms with Gasteiger partial charge in [0.15, 0.2) is 5.82 Å². The lowest BCUT2D eigenvalue weighted by Crippen LogP contribution is -2.42. The van der Waals surface area contributed by atoms with E-state index in [0.717, 1.165) is 25.2 Å². The molecule has 84 valence electrons. The van der Waals surface area contributed by atoms with E-state index in [1.807, 2.05) is 7.05 Å². The lowest BCUT2D eigenvalue weighted by Gasteiger charge is -2.35. The molecule has 0 aromatic carbocycles. The van der Waals surface area contributed by atoms with E-state index >= 15 is 0 Å². The summed E-state index contributed by atoms with van der Waals surface area (Å²) in [6.07, 6.45) is 5.14. The van der Waals surface area contributed by atoms with Crippen molar-refractivity contribution in [2.75, 3.05) is 23.8 Å². The molecule has 1 aromatic rings. The monoisotopic (exact) mass is 210 g/mol. The van der Waals surface area contributed by atoms with Crippen LogP contribution in [-0.2, 0) is 7.05 Å². The van der Waals surface area contributed by atoms with Crippen LogP contribution in [0.3, 0.4) is 0 Å². The number of nitrogens with two attached hydrogens (primary N) is 1. The van der Waals surface area contributed by atoms with Gasteiger partial charge in [-0.1, -0.05) is 0 Å². The normalized spacial score (nSPS) is 22.0. The summed E-state index contributed by atoms with van der Waals surface area (Å²) in [7, 11) is 1.86. The van der Waals surface area contributed by atoms with Crippen LogP contribution in [0.1, 0.15) is 19.3 Å². The third-order valence-corrected chi connectivity index (χ3v) is 2.95. The lowest BCUT2D eigenvalue weighted by atomic mass is 10.0. The largest absolute Gasteiger partial charge is 0.394 e. The second-order valence-corrected chi connectivity index (χ2v) is 4.11. The molecule has 1 aliphatic rings. The van der Waals surface area contributed by atoms with E-state index in [1.165, 1.54) is 6.42 Å². The van der Waals surface area contributed by atoms with E-state index in [4.69, 9.17) is 5.73 Å². The van der Waals surface area contributed by atoms with Crippen LogP contribution in [0.5, 0.6) is 0 Å². The van der Waals surface area contributed by atoms with E-state index in [0.29, 0.717) is 5.69 Å². The molecule has 1 atom stereocenters. The van der Waals surface area contributed by atoms with Crippen LogP contribution in [0.25, 0.3) is 0 Å². The predicted molar refractivity (Wildman–Crippen MR) is 59.7 cm³/mol. The first-order valence-electron chi connectivity index (χ1n) is 5.39. The average molecular weight is 210 g/mol. The van der Waals surface area contributed by atoms with Crippen LogP contribution in [-0.4, -0.2) is 34.1 Å². The summed E-state index contributed by atoms with van der Waals surface area (Å²) in [4.78, 5) is 2.12. The molecule has 1 fully saturated rings. The molecule has 0 aliphatic carbocycles. The highest BCUT2D eigenvalue weighted by atomic mass is 16.3. The first-order valence-corrected chi connectivity index (χ1v) is 5.39. The number of hydrogen-bond acceptors (Lipinski definition) is 4. The number of nitrogens with zero attached hydrogens (tertiary/aromatic N) is 3. The Kier molecular flexibility index (Phi) is 2.81. The zero-order chi connectivity index (χ0) is 10.8. The van der Waals surface area contributed by atoms with Gasteiger partial charge in [0.25, 0.3) is 0 Å². The SMILES string of the molecule is Cn1cc(N)c(N2CCCCC2CO)n1. The third kappa shape index (κ3) is 1.92. The zero-order valence-electron chi connectivity index (χ0n) is 9.06. The Morgan fingerprint density at radius 1 is 1.60 bits per heavy atom. The van der Waals surface area contributed by atoms with Crippen LogP contribution >= 0.6 is 0 Å². The summed E-state index contributed by atoms with van der Waals surface area (Å²) in [6, 6.07) is 0.177. The Morgan fingerprint density at radius 3 is 3.00 bits per heavy atom. The number of aliphatic hydroxyl groups excluding tert-OH is 1. The van der Waals surface area contributed by atoms with Gasteiger partial charge in [-0.15, -0.1) is 0 Å². The summed E-state index contributed by atoms with van der Waals surface area (Å²) in [5, 5.41) is 13.6. The molecule has 2 heterocycles. The topological polar surface area (TPSA) is 67.3 Å². The molecular formula is C10H18N4O. The fraction of sp³-hybridized carbons (Fsp3) is 0.700. The van der Waals surface area contributed by atoms with Gasteiger partial charge >= 0.3 is 0 Å². The Balaban J connectivity index is 2.23. The Hall–Kier alpha value is -1.23. The molecule has 5 heteroatoms. The number of piperidine rings is 1. The maximum Gasteiger partial charge on any atom is 0.174 e. The second kappa shape index (κ2) is 4.10. The van der Waals surface area contributed by atoms with Crippen molar-refractivity contribution in [3.63, 3.8) is 0 Å². The number of nitrogen functional groups attached to an aromatic ring is 1. The Bertz CT molecular complexity index is 336. The summed E-state index contributed by atoms with van der Waals surface area (Å²) in [6.45, 7) is 1.11. The molecule has 15 heavy (non-hydrogen) atoms. The summed E-state index contributed by atoms with van der Waals surface area (Å²) < 4.78 is 1.72. The second-order valence-electron chi connectivity index (χ2n) is 4.11. The summed E-state index contributed by atoms with van der Waals surface area (Å²) in [5.74, 6) is 0.816. The zero-order valence-corrected chi connectivity index (χ0v) is 9.06. The number of anilines is 2. The van der Waals surface area contributed by atoms with Crippen molar-refractivity contribution < 1.29 is 5.11 Å². The first-order chi connectivity index (χ1) is 7.22. The Morgan fingerprint density at radius 2 is 2.40 bits per heavy atom. The number of hydrogen-bond donors (Lipinski definition) is 2. The molecule has 5 nitrogen and oxygen atoms in total. The first kappa shape index (κ1) is 10.3. The molecule has 0 saturated carbocycles. The van der Waals surface area contributed by atoms with Gasteiger partial charge < -0.3 is 15.7 Å². The molecule has 2 rings (SSSR count). The fourth-order valence-corrected chi connectivity index (χ4v) is 2.19. The number of aromatic nitrogens is 2. The van der Waals surface area contributed by atoms with Gasteiger partial charge in [0.2, 0.25) is 0 Å². The maximum atomic E-state index is 9.30. The number of aliphatic hydroxyl groups is 1. The van der Waals surface area contributed by atoms with Gasteiger partial charge in [-0.25, -0.2) is 0 Å². The van der Waals surface area contributed by atoms with Crippen LogP contribution < -0.4 is 10.6 Å². The van der Waals surface area contributed by atoms with Crippen molar-refractivity contribution in [1.82, 2.24) is 9.78 Å². The van der Waals surface area contributed by atoms with Gasteiger partial charge in [0.1, 0.15) is 0 Å². The fourth-order valence-electron chi connectivity index (χ4n) is 2.19. The van der Waals surface area contributed by atoms with Gasteiger partial charge in [-0.05, 0) is 19.3 Å². The maximum absolute atomic E-state index is 9.30. The highest BCUT2D eigenvalue weighted by molar-refractivity contribution is 5.62. The van der Waals surface area contributed by atoms with Gasteiger partial charge in [0, 0.05) is 19.8 Å². The smallest absolute Gasteiger partial charge is 0.174 e. The molecule has 1 aromatic heterocycles. The van der Waals surface area contributed by atoms with Crippen molar-refractivity contribution in [2.45, 2.75) is 25.3 Å². The summed E-state index contributed by atoms with van der Waals surface area (Å²) in [5.41, 5.74) is 6.57. The van der Waals surface area contributed by atoms with Gasteiger partial charge in [-0.3, -0.25) is 4.68 Å². The lowest BCUT2D eigenvalue weighted by molar-refractivity contribution is 0.239. The highest BCUT2D eigenvalue weighted by Crippen LogP contribution is 2.27. The summed E-state index contributed by atoms with van der Waals surface area (Å²) >= 11 is 0. The molecule has 0 bridgehead atoms. The predicted octanol–water partition coefficient (Wildman–Crippen LogP) is 0.353. The quantitative estimate of drug-likeness (QED) is 0.739. The molecule has 0 radical (unpaired) electrons. The molecule has 1 aliphatic heterocycles. The minimum atomic E-state index is 0.177. The van der Waals surface area contributed by atoms with Crippen LogP contribution in [0, 0.1) is 0 Å². The molecule has 0 amide bonds. The van der Waals surface area contributed by atoms with E-state index in [2.05, 4.69) is 10.00 Å². The van der Waals surface area contributed by atoms with Crippen molar-refractivity contribution in [3.05, 3.63) is 6.20 Å². The molecule has 1 unspecified atom stereocenters. The van der Waals surface area contributed by atoms with Crippen molar-refractivity contribution in [3.8, 4) is 0 Å². The van der Waals surface area contributed by atoms with E-state index in [9.17, 15) is 5.11 Å². The van der Waals surface area contributed by atoms with E-state index in [1.54, 1.807) is 10.9 Å². The van der Waals surface area contributed by atoms with Crippen molar-refractivity contribution in [2.24, 2.45) is 7.05 Å².